The summed E-state index contributed by atoms with van der Waals surface area (Å²) in [7, 11) is 0. The van der Waals surface area contributed by atoms with Gasteiger partial charge in [0.2, 0.25) is 0 Å². The highest BCUT2D eigenvalue weighted by molar-refractivity contribution is 7.80. The van der Waals surface area contributed by atoms with Gasteiger partial charge in [0.25, 0.3) is 0 Å². The van der Waals surface area contributed by atoms with Crippen LogP contribution in [0.1, 0.15) is 35.9 Å². The molecule has 0 amide bonds. The molecule has 0 spiro atoms. The second kappa shape index (κ2) is 7.05. The minimum Gasteiger partial charge on any atom is -0.355 e. The van der Waals surface area contributed by atoms with Crippen molar-refractivity contribution < 1.29 is 0 Å². The maximum atomic E-state index is 5.49. The van der Waals surface area contributed by atoms with Gasteiger partial charge in [0, 0.05) is 10.6 Å². The van der Waals surface area contributed by atoms with Crippen LogP contribution < -0.4 is 10.6 Å². The lowest BCUT2D eigenvalue weighted by molar-refractivity contribution is 0.480. The molecule has 0 radical (unpaired) electrons. The van der Waals surface area contributed by atoms with Crippen LogP contribution in [0.4, 0.5) is 5.69 Å². The smallest absolute Gasteiger partial charge is 0.171 e. The summed E-state index contributed by atoms with van der Waals surface area (Å²) < 4.78 is 0. The third-order valence-corrected chi connectivity index (χ3v) is 4.62. The fourth-order valence-corrected chi connectivity index (χ4v) is 3.39. The van der Waals surface area contributed by atoms with E-state index in [0.717, 1.165) is 5.69 Å². The molecule has 0 bridgehead atoms. The van der Waals surface area contributed by atoms with E-state index in [-0.39, 0.29) is 6.04 Å². The Kier molecular flexibility index (Phi) is 5.37. The molecule has 112 valence electrons. The zero-order valence-corrected chi connectivity index (χ0v) is 14.6. The van der Waals surface area contributed by atoms with E-state index in [0.29, 0.717) is 11.0 Å². The molecular formula is C17H22N2S2. The fourth-order valence-electron chi connectivity index (χ4n) is 2.20. The van der Waals surface area contributed by atoms with Crippen LogP contribution in [0.5, 0.6) is 0 Å². The van der Waals surface area contributed by atoms with Gasteiger partial charge in [-0.15, -0.1) is 11.3 Å². The van der Waals surface area contributed by atoms with Crippen molar-refractivity contribution >= 4 is 34.4 Å². The van der Waals surface area contributed by atoms with Gasteiger partial charge in [-0.25, -0.2) is 0 Å². The zero-order valence-electron chi connectivity index (χ0n) is 12.9. The van der Waals surface area contributed by atoms with E-state index in [1.54, 1.807) is 11.3 Å². The van der Waals surface area contributed by atoms with E-state index in [1.165, 1.54) is 16.0 Å². The summed E-state index contributed by atoms with van der Waals surface area (Å²) in [5.74, 6) is 0.474. The zero-order chi connectivity index (χ0) is 15.4. The van der Waals surface area contributed by atoms with E-state index in [9.17, 15) is 0 Å². The largest absolute Gasteiger partial charge is 0.355 e. The number of thiocarbonyl (C=S) groups is 1. The Morgan fingerprint density at radius 1 is 1.19 bits per heavy atom. The van der Waals surface area contributed by atoms with Crippen molar-refractivity contribution in [3.05, 3.63) is 51.7 Å². The molecular weight excluding hydrogens is 296 g/mol. The third-order valence-electron chi connectivity index (χ3n) is 3.44. The first-order chi connectivity index (χ1) is 9.97. The Hall–Kier alpha value is -1.39. The monoisotopic (exact) mass is 318 g/mol. The number of rotatable bonds is 4. The average Bonchev–Trinajstić information content (AvgIpc) is 2.93. The Labute approximate surface area is 136 Å². The Bertz CT molecular complexity index is 603. The van der Waals surface area contributed by atoms with Crippen molar-refractivity contribution in [2.75, 3.05) is 5.32 Å². The fraction of sp³-hybridized carbons (Fsp3) is 0.353. The first-order valence-electron chi connectivity index (χ1n) is 7.15. The summed E-state index contributed by atoms with van der Waals surface area (Å²) in [5, 5.41) is 9.55. The van der Waals surface area contributed by atoms with Crippen molar-refractivity contribution in [2.24, 2.45) is 5.92 Å². The van der Waals surface area contributed by atoms with E-state index >= 15 is 0 Å². The molecule has 0 aliphatic heterocycles. The summed E-state index contributed by atoms with van der Waals surface area (Å²) in [6.07, 6.45) is 0. The Balaban J connectivity index is 2.08. The summed E-state index contributed by atoms with van der Waals surface area (Å²) >= 11 is 7.25. The lowest BCUT2D eigenvalue weighted by Gasteiger charge is -2.23. The molecule has 0 fully saturated rings. The van der Waals surface area contributed by atoms with Crippen molar-refractivity contribution in [1.82, 2.24) is 5.32 Å². The molecule has 2 N–H and O–H groups in total. The van der Waals surface area contributed by atoms with Crippen LogP contribution in [-0.4, -0.2) is 5.11 Å². The van der Waals surface area contributed by atoms with Crippen LogP contribution in [0, 0.1) is 19.8 Å². The molecule has 2 nitrogen and oxygen atoms in total. The van der Waals surface area contributed by atoms with Crippen LogP contribution in [0.2, 0.25) is 0 Å². The molecule has 1 aromatic carbocycles. The average molecular weight is 319 g/mol. The van der Waals surface area contributed by atoms with Gasteiger partial charge in [0.15, 0.2) is 5.11 Å². The standard InChI is InChI=1S/C17H22N2S2/c1-11(2)16(15-6-5-9-21-15)19-17(20)18-14-10-12(3)7-8-13(14)4/h5-11,16H,1-4H3,(H2,18,19,20)/t16-/m0/s1. The van der Waals surface area contributed by atoms with E-state index in [2.05, 4.69) is 74.0 Å². The second-order valence-electron chi connectivity index (χ2n) is 5.65. The van der Waals surface area contributed by atoms with Crippen LogP contribution in [0.25, 0.3) is 0 Å². The summed E-state index contributed by atoms with van der Waals surface area (Å²) in [5.41, 5.74) is 3.49. The molecule has 0 unspecified atom stereocenters. The van der Waals surface area contributed by atoms with Gasteiger partial charge in [0.05, 0.1) is 6.04 Å². The molecule has 1 heterocycles. The number of thiophene rings is 1. The highest BCUT2D eigenvalue weighted by atomic mass is 32.1. The Morgan fingerprint density at radius 3 is 2.57 bits per heavy atom. The minimum atomic E-state index is 0.245. The lowest BCUT2D eigenvalue weighted by Crippen LogP contribution is -2.34. The van der Waals surface area contributed by atoms with Gasteiger partial charge in [0.1, 0.15) is 0 Å². The molecule has 0 aliphatic rings. The second-order valence-corrected chi connectivity index (χ2v) is 7.04. The quantitative estimate of drug-likeness (QED) is 0.772. The van der Waals surface area contributed by atoms with Crippen molar-refractivity contribution in [3.8, 4) is 0 Å². The molecule has 2 rings (SSSR count). The van der Waals surface area contributed by atoms with E-state index < -0.39 is 0 Å². The number of hydrogen-bond acceptors (Lipinski definition) is 2. The maximum absolute atomic E-state index is 5.49. The first kappa shape index (κ1) is 16.0. The van der Waals surface area contributed by atoms with Gasteiger partial charge in [-0.3, -0.25) is 0 Å². The molecule has 0 aliphatic carbocycles. The van der Waals surface area contributed by atoms with E-state index in [4.69, 9.17) is 12.2 Å². The first-order valence-corrected chi connectivity index (χ1v) is 8.44. The minimum absolute atomic E-state index is 0.245. The van der Waals surface area contributed by atoms with Gasteiger partial charge >= 0.3 is 0 Å². The van der Waals surface area contributed by atoms with Crippen LogP contribution in [0.3, 0.4) is 0 Å². The normalized spacial score (nSPS) is 12.2. The molecule has 4 heteroatoms. The molecule has 1 aromatic heterocycles. The third kappa shape index (κ3) is 4.29. The van der Waals surface area contributed by atoms with Crippen molar-refractivity contribution in [2.45, 2.75) is 33.7 Å². The molecule has 2 aromatic rings. The lowest BCUT2D eigenvalue weighted by atomic mass is 10.0. The van der Waals surface area contributed by atoms with Crippen LogP contribution in [0.15, 0.2) is 35.7 Å². The Morgan fingerprint density at radius 2 is 1.95 bits per heavy atom. The predicted molar refractivity (Wildman–Crippen MR) is 97.2 cm³/mol. The summed E-state index contributed by atoms with van der Waals surface area (Å²) in [4.78, 5) is 1.31. The van der Waals surface area contributed by atoms with E-state index in [1.807, 2.05) is 0 Å². The summed E-state index contributed by atoms with van der Waals surface area (Å²) in [6, 6.07) is 10.8. The maximum Gasteiger partial charge on any atom is 0.171 e. The van der Waals surface area contributed by atoms with Gasteiger partial charge in [-0.05, 0) is 60.6 Å². The predicted octanol–water partition coefficient (Wildman–Crippen LogP) is 5.05. The SMILES string of the molecule is Cc1ccc(C)c(NC(=S)N[C@H](c2cccs2)C(C)C)c1. The van der Waals surface area contributed by atoms with Gasteiger partial charge in [-0.1, -0.05) is 32.0 Å². The van der Waals surface area contributed by atoms with Crippen molar-refractivity contribution in [3.63, 3.8) is 0 Å². The number of nitrogens with one attached hydrogen (secondary N) is 2. The summed E-state index contributed by atoms with van der Waals surface area (Å²) in [6.45, 7) is 8.59. The number of hydrogen-bond donors (Lipinski definition) is 2. The molecule has 0 saturated carbocycles. The topological polar surface area (TPSA) is 24.1 Å². The van der Waals surface area contributed by atoms with Gasteiger partial charge in [-0.2, -0.15) is 0 Å². The number of aryl methyl sites for hydroxylation is 2. The number of anilines is 1. The highest BCUT2D eigenvalue weighted by Crippen LogP contribution is 2.26. The highest BCUT2D eigenvalue weighted by Gasteiger charge is 2.17. The van der Waals surface area contributed by atoms with Gasteiger partial charge < -0.3 is 10.6 Å². The molecule has 1 atom stereocenters. The van der Waals surface area contributed by atoms with Crippen LogP contribution in [-0.2, 0) is 0 Å². The van der Waals surface area contributed by atoms with Crippen LogP contribution >= 0.6 is 23.6 Å². The number of benzene rings is 1. The van der Waals surface area contributed by atoms with Crippen molar-refractivity contribution in [1.29, 1.82) is 0 Å². The molecule has 21 heavy (non-hydrogen) atoms. The molecule has 0 saturated heterocycles.